The van der Waals surface area contributed by atoms with Crippen LogP contribution in [0.15, 0.2) is 73.3 Å². The predicted molar refractivity (Wildman–Crippen MR) is 127 cm³/mol. The van der Waals surface area contributed by atoms with E-state index in [0.717, 1.165) is 52.1 Å². The lowest BCUT2D eigenvalue weighted by Crippen LogP contribution is -2.24. The molecule has 0 spiro atoms. The molecule has 0 aliphatic carbocycles. The van der Waals surface area contributed by atoms with Gasteiger partial charge in [-0.15, -0.1) is 5.10 Å². The number of aromatic amines is 1. The van der Waals surface area contributed by atoms with Crippen molar-refractivity contribution in [2.45, 2.75) is 32.7 Å². The van der Waals surface area contributed by atoms with Gasteiger partial charge < -0.3 is 9.77 Å². The van der Waals surface area contributed by atoms with Crippen molar-refractivity contribution in [3.05, 3.63) is 89.9 Å². The Morgan fingerprint density at radius 2 is 1.85 bits per heavy atom. The van der Waals surface area contributed by atoms with Crippen LogP contribution in [0.25, 0.3) is 33.9 Å². The SMILES string of the molecule is CCCCc1nc(-c2c[n+]([O-])ccn2)cn1Cc1ccc(-c2ccccc2-c2nnn[nH]2)cc1. The molecule has 9 heteroatoms. The summed E-state index contributed by atoms with van der Waals surface area (Å²) >= 11 is 0. The van der Waals surface area contributed by atoms with Crippen molar-refractivity contribution in [1.29, 1.82) is 0 Å². The number of nitrogens with one attached hydrogen (secondary N) is 1. The Labute approximate surface area is 196 Å². The van der Waals surface area contributed by atoms with Crippen LogP contribution in [0.4, 0.5) is 0 Å². The second kappa shape index (κ2) is 9.62. The summed E-state index contributed by atoms with van der Waals surface area (Å²) in [4.78, 5) is 9.10. The molecule has 0 fully saturated rings. The van der Waals surface area contributed by atoms with Gasteiger partial charge in [-0.1, -0.05) is 61.9 Å². The van der Waals surface area contributed by atoms with Crippen molar-refractivity contribution in [3.8, 4) is 33.9 Å². The van der Waals surface area contributed by atoms with Gasteiger partial charge >= 0.3 is 0 Å². The third-order valence-electron chi connectivity index (χ3n) is 5.70. The fourth-order valence-electron chi connectivity index (χ4n) is 3.96. The van der Waals surface area contributed by atoms with Crippen LogP contribution in [0.3, 0.4) is 0 Å². The zero-order valence-electron chi connectivity index (χ0n) is 18.8. The average Bonchev–Trinajstić information content (AvgIpc) is 3.54. The lowest BCUT2D eigenvalue weighted by molar-refractivity contribution is -0.605. The average molecular weight is 453 g/mol. The topological polar surface area (TPSA) is 112 Å². The Balaban J connectivity index is 1.42. The van der Waals surface area contributed by atoms with Crippen molar-refractivity contribution in [1.82, 2.24) is 35.2 Å². The Morgan fingerprint density at radius 1 is 1.03 bits per heavy atom. The highest BCUT2D eigenvalue weighted by Gasteiger charge is 2.14. The van der Waals surface area contributed by atoms with Gasteiger partial charge in [0.1, 0.15) is 11.5 Å². The third kappa shape index (κ3) is 4.54. The molecule has 9 nitrogen and oxygen atoms in total. The molecular weight excluding hydrogens is 428 g/mol. The summed E-state index contributed by atoms with van der Waals surface area (Å²) in [5.74, 6) is 1.63. The van der Waals surface area contributed by atoms with Gasteiger partial charge in [0.15, 0.2) is 17.7 Å². The van der Waals surface area contributed by atoms with Crippen molar-refractivity contribution >= 4 is 0 Å². The number of rotatable bonds is 8. The first-order chi connectivity index (χ1) is 16.7. The Kier molecular flexibility index (Phi) is 6.07. The molecule has 5 aromatic rings. The number of tetrazole rings is 1. The van der Waals surface area contributed by atoms with Gasteiger partial charge in [-0.2, -0.15) is 4.73 Å². The Morgan fingerprint density at radius 3 is 2.59 bits per heavy atom. The van der Waals surface area contributed by atoms with E-state index in [1.54, 1.807) is 0 Å². The van der Waals surface area contributed by atoms with Gasteiger partial charge in [-0.3, -0.25) is 0 Å². The van der Waals surface area contributed by atoms with Gasteiger partial charge in [-0.25, -0.2) is 15.1 Å². The number of nitrogens with zero attached hydrogens (tertiary/aromatic N) is 7. The van der Waals surface area contributed by atoms with E-state index in [9.17, 15) is 5.21 Å². The number of hydrogen-bond acceptors (Lipinski definition) is 6. The fourth-order valence-corrected chi connectivity index (χ4v) is 3.96. The quantitative estimate of drug-likeness (QED) is 0.283. The summed E-state index contributed by atoms with van der Waals surface area (Å²) in [6.45, 7) is 2.85. The van der Waals surface area contributed by atoms with Crippen LogP contribution < -0.4 is 4.73 Å². The molecule has 0 unspecified atom stereocenters. The smallest absolute Gasteiger partial charge is 0.208 e. The van der Waals surface area contributed by atoms with Gasteiger partial charge in [0.25, 0.3) is 0 Å². The minimum absolute atomic E-state index is 0.572. The summed E-state index contributed by atoms with van der Waals surface area (Å²) < 4.78 is 2.90. The van der Waals surface area contributed by atoms with Gasteiger partial charge in [0.2, 0.25) is 6.20 Å². The van der Waals surface area contributed by atoms with E-state index in [4.69, 9.17) is 4.98 Å². The van der Waals surface area contributed by atoms with Crippen LogP contribution >= 0.6 is 0 Å². The van der Waals surface area contributed by atoms with Crippen LogP contribution in [0, 0.1) is 5.21 Å². The highest BCUT2D eigenvalue weighted by Crippen LogP contribution is 2.30. The molecule has 3 heterocycles. The molecule has 3 aromatic heterocycles. The van der Waals surface area contributed by atoms with Crippen LogP contribution in [-0.4, -0.2) is 35.2 Å². The molecule has 0 aliphatic rings. The molecule has 1 N–H and O–H groups in total. The van der Waals surface area contributed by atoms with Crippen molar-refractivity contribution in [2.75, 3.05) is 0 Å². The molecule has 170 valence electrons. The van der Waals surface area contributed by atoms with E-state index in [1.165, 1.54) is 18.6 Å². The van der Waals surface area contributed by atoms with Gasteiger partial charge in [0, 0.05) is 24.7 Å². The first-order valence-electron chi connectivity index (χ1n) is 11.2. The second-order valence-corrected chi connectivity index (χ2v) is 8.07. The molecule has 0 aliphatic heterocycles. The van der Waals surface area contributed by atoms with E-state index in [-0.39, 0.29) is 0 Å². The van der Waals surface area contributed by atoms with E-state index in [1.807, 2.05) is 24.4 Å². The number of hydrogen-bond donors (Lipinski definition) is 1. The molecule has 0 amide bonds. The maximum Gasteiger partial charge on any atom is 0.208 e. The van der Waals surface area contributed by atoms with Crippen molar-refractivity contribution in [3.63, 3.8) is 0 Å². The third-order valence-corrected chi connectivity index (χ3v) is 5.70. The van der Waals surface area contributed by atoms with E-state index >= 15 is 0 Å². The monoisotopic (exact) mass is 452 g/mol. The normalized spacial score (nSPS) is 11.1. The standard InChI is InChI=1S/C25H24N8O/c1-2-3-8-24-27-23(22-17-33(34)14-13-26-22)16-32(24)15-18-9-11-19(12-10-18)20-6-4-5-7-21(20)25-28-30-31-29-25/h4-7,9-14,16-17H,2-3,8,15H2,1H3,(H,28,29,30,31). The van der Waals surface area contributed by atoms with E-state index in [0.29, 0.717) is 23.8 Å². The number of aryl methyl sites for hydroxylation is 1. The maximum atomic E-state index is 11.7. The van der Waals surface area contributed by atoms with Crippen molar-refractivity contribution in [2.24, 2.45) is 0 Å². The van der Waals surface area contributed by atoms with Crippen molar-refractivity contribution < 1.29 is 4.73 Å². The van der Waals surface area contributed by atoms with Crippen LogP contribution in [0.1, 0.15) is 31.2 Å². The molecule has 5 rings (SSSR count). The summed E-state index contributed by atoms with van der Waals surface area (Å²) in [5, 5.41) is 26.0. The largest absolute Gasteiger partial charge is 0.619 e. The molecule has 0 radical (unpaired) electrons. The molecule has 0 atom stereocenters. The molecule has 34 heavy (non-hydrogen) atoms. The Bertz CT molecular complexity index is 1380. The minimum atomic E-state index is 0.572. The number of aromatic nitrogens is 8. The first kappa shape index (κ1) is 21.4. The number of imidazole rings is 1. The second-order valence-electron chi connectivity index (χ2n) is 8.07. The number of H-pyrrole nitrogens is 1. The van der Waals surface area contributed by atoms with Crippen LogP contribution in [0.2, 0.25) is 0 Å². The lowest BCUT2D eigenvalue weighted by atomic mass is 9.98. The summed E-state index contributed by atoms with van der Waals surface area (Å²) in [6, 6.07) is 16.5. The zero-order valence-corrected chi connectivity index (χ0v) is 18.8. The van der Waals surface area contributed by atoms with E-state index in [2.05, 4.69) is 67.4 Å². The highest BCUT2D eigenvalue weighted by molar-refractivity contribution is 5.80. The van der Waals surface area contributed by atoms with Gasteiger partial charge in [-0.05, 0) is 33.5 Å². The summed E-state index contributed by atoms with van der Waals surface area (Å²) in [5.41, 5.74) is 5.53. The van der Waals surface area contributed by atoms with Crippen LogP contribution in [0.5, 0.6) is 0 Å². The number of benzene rings is 2. The number of unbranched alkanes of at least 4 members (excludes halogenated alkanes) is 1. The fraction of sp³-hybridized carbons (Fsp3) is 0.200. The molecule has 0 bridgehead atoms. The lowest BCUT2D eigenvalue weighted by Gasteiger charge is -2.10. The Hall–Kier alpha value is -4.40. The predicted octanol–water partition coefficient (Wildman–Crippen LogP) is 3.82. The summed E-state index contributed by atoms with van der Waals surface area (Å²) in [6.07, 6.45) is 9.31. The minimum Gasteiger partial charge on any atom is -0.619 e. The molecular formula is C25H24N8O. The maximum absolute atomic E-state index is 11.7. The summed E-state index contributed by atoms with van der Waals surface area (Å²) in [7, 11) is 0. The molecule has 0 saturated heterocycles. The zero-order chi connectivity index (χ0) is 23.3. The van der Waals surface area contributed by atoms with E-state index < -0.39 is 0 Å². The van der Waals surface area contributed by atoms with Gasteiger partial charge in [0.05, 0.1) is 6.20 Å². The molecule has 0 saturated carbocycles. The first-order valence-corrected chi connectivity index (χ1v) is 11.2. The highest BCUT2D eigenvalue weighted by atomic mass is 16.5. The molecule has 2 aromatic carbocycles. The van der Waals surface area contributed by atoms with Crippen LogP contribution in [-0.2, 0) is 13.0 Å².